The normalized spacial score (nSPS) is 55.2. The van der Waals surface area contributed by atoms with Gasteiger partial charge in [0.25, 0.3) is 17.4 Å². The summed E-state index contributed by atoms with van der Waals surface area (Å²) in [6.45, 7) is -0.900. The molecule has 12 heteroatoms. The Kier molecular flexibility index (Phi) is 2.78. The summed E-state index contributed by atoms with van der Waals surface area (Å²) < 4.78 is 35.2. The lowest BCUT2D eigenvalue weighted by atomic mass is 9.88. The summed E-state index contributed by atoms with van der Waals surface area (Å²) in [5.74, 6) is -6.14. The van der Waals surface area contributed by atoms with Gasteiger partial charge < -0.3 is 25.2 Å². The van der Waals surface area contributed by atoms with Crippen LogP contribution in [0.3, 0.4) is 0 Å². The fraction of sp³-hybridized carbons (Fsp3) is 1.00. The van der Waals surface area contributed by atoms with E-state index in [0.29, 0.717) is 0 Å². The van der Waals surface area contributed by atoms with Crippen LogP contribution in [0.25, 0.3) is 0 Å². The predicted octanol–water partition coefficient (Wildman–Crippen LogP) is -5.02. The quantitative estimate of drug-likeness (QED) is 0.253. The third kappa shape index (κ3) is 1.53. The SMILES string of the molecule is N[C@]12OS(=O)(=O)O[C@]1(O)[C@H](O)[C@@H](CO)O[C@]2(N)O. The van der Waals surface area contributed by atoms with E-state index in [-0.39, 0.29) is 0 Å². The molecule has 0 aromatic heterocycles. The van der Waals surface area contributed by atoms with E-state index in [1.54, 1.807) is 0 Å². The van der Waals surface area contributed by atoms with Gasteiger partial charge in [-0.05, 0) is 0 Å². The summed E-state index contributed by atoms with van der Waals surface area (Å²) >= 11 is 0. The van der Waals surface area contributed by atoms with Gasteiger partial charge in [0.05, 0.1) is 6.61 Å². The Morgan fingerprint density at radius 1 is 1.22 bits per heavy atom. The summed E-state index contributed by atoms with van der Waals surface area (Å²) in [4.78, 5) is 0. The molecule has 2 aliphatic rings. The van der Waals surface area contributed by atoms with E-state index < -0.39 is 46.6 Å². The van der Waals surface area contributed by atoms with Crippen molar-refractivity contribution in [3.8, 4) is 0 Å². The van der Waals surface area contributed by atoms with E-state index in [1.165, 1.54) is 0 Å². The molecule has 2 fully saturated rings. The van der Waals surface area contributed by atoms with E-state index in [9.17, 15) is 23.7 Å². The molecule has 0 unspecified atom stereocenters. The fourth-order valence-corrected chi connectivity index (χ4v) is 2.94. The maximum Gasteiger partial charge on any atom is 0.405 e. The maximum absolute atomic E-state index is 11.2. The van der Waals surface area contributed by atoms with Crippen LogP contribution in [-0.2, 0) is 23.5 Å². The average Bonchev–Trinajstić information content (AvgIpc) is 2.41. The minimum absolute atomic E-state index is 0.900. The Balaban J connectivity index is 2.58. The standard InChI is InChI=1S/C6H12N2O9S/c7-5-4(11,16-18(13,14)17-5)3(10)2(1-9)15-6(5,8)12/h2-3,9-12H,1,7-8H2/t2-,3-,4-,5+,6-/m1/s1. The smallest absolute Gasteiger partial charge is 0.394 e. The highest BCUT2D eigenvalue weighted by Gasteiger charge is 2.79. The zero-order valence-corrected chi connectivity index (χ0v) is 9.57. The first kappa shape index (κ1) is 14.0. The van der Waals surface area contributed by atoms with Crippen LogP contribution in [0.1, 0.15) is 0 Å². The van der Waals surface area contributed by atoms with Crippen LogP contribution in [0.2, 0.25) is 0 Å². The highest BCUT2D eigenvalue weighted by molar-refractivity contribution is 7.82. The van der Waals surface area contributed by atoms with Crippen LogP contribution in [-0.4, -0.2) is 65.1 Å². The van der Waals surface area contributed by atoms with Crippen LogP contribution in [0.15, 0.2) is 0 Å². The monoisotopic (exact) mass is 288 g/mol. The second-order valence-corrected chi connectivity index (χ2v) is 5.14. The van der Waals surface area contributed by atoms with E-state index >= 15 is 0 Å². The topological polar surface area (TPSA) is 195 Å². The van der Waals surface area contributed by atoms with Gasteiger partial charge in [-0.1, -0.05) is 0 Å². The number of ether oxygens (including phenoxy) is 1. The summed E-state index contributed by atoms with van der Waals surface area (Å²) in [7, 11) is -4.82. The van der Waals surface area contributed by atoms with E-state index in [0.717, 1.165) is 0 Å². The van der Waals surface area contributed by atoms with Crippen LogP contribution in [0, 0.1) is 0 Å². The molecule has 2 saturated heterocycles. The molecular formula is C6H12N2O9S. The predicted molar refractivity (Wildman–Crippen MR) is 50.1 cm³/mol. The van der Waals surface area contributed by atoms with Crippen LogP contribution in [0.4, 0.5) is 0 Å². The van der Waals surface area contributed by atoms with Gasteiger partial charge in [0.1, 0.15) is 12.2 Å². The maximum atomic E-state index is 11.2. The number of rotatable bonds is 1. The third-order valence-electron chi connectivity index (χ3n) is 2.79. The average molecular weight is 288 g/mol. The lowest BCUT2D eigenvalue weighted by Crippen LogP contribution is -2.84. The van der Waals surface area contributed by atoms with Crippen molar-refractivity contribution in [2.75, 3.05) is 6.61 Å². The van der Waals surface area contributed by atoms with Gasteiger partial charge >= 0.3 is 10.4 Å². The number of hydrogen-bond donors (Lipinski definition) is 6. The molecule has 2 aliphatic heterocycles. The molecule has 0 aromatic rings. The highest BCUT2D eigenvalue weighted by atomic mass is 32.3. The van der Waals surface area contributed by atoms with Crippen molar-refractivity contribution in [2.45, 2.75) is 29.6 Å². The largest absolute Gasteiger partial charge is 0.405 e. The van der Waals surface area contributed by atoms with Gasteiger partial charge in [-0.3, -0.25) is 11.5 Å². The van der Waals surface area contributed by atoms with Gasteiger partial charge in [-0.2, -0.15) is 8.42 Å². The number of fused-ring (bicyclic) bond motifs is 1. The number of aliphatic hydroxyl groups is 4. The van der Waals surface area contributed by atoms with Crippen molar-refractivity contribution in [3.63, 3.8) is 0 Å². The fourth-order valence-electron chi connectivity index (χ4n) is 1.81. The van der Waals surface area contributed by atoms with Crippen molar-refractivity contribution in [1.29, 1.82) is 0 Å². The summed E-state index contributed by atoms with van der Waals surface area (Å²) in [5, 5.41) is 38.2. The Morgan fingerprint density at radius 2 is 1.78 bits per heavy atom. The van der Waals surface area contributed by atoms with E-state index in [2.05, 4.69) is 13.1 Å². The highest BCUT2D eigenvalue weighted by Crippen LogP contribution is 2.47. The van der Waals surface area contributed by atoms with Crippen molar-refractivity contribution < 1.29 is 41.9 Å². The molecule has 0 aliphatic carbocycles. The molecule has 0 amide bonds. The van der Waals surface area contributed by atoms with Crippen LogP contribution < -0.4 is 11.5 Å². The lowest BCUT2D eigenvalue weighted by Gasteiger charge is -2.50. The first-order valence-electron chi connectivity index (χ1n) is 4.64. The molecule has 0 spiro atoms. The minimum atomic E-state index is -4.82. The second kappa shape index (κ2) is 3.57. The van der Waals surface area contributed by atoms with Crippen molar-refractivity contribution in [1.82, 2.24) is 0 Å². The van der Waals surface area contributed by atoms with Crippen molar-refractivity contribution >= 4 is 10.4 Å². The molecule has 0 aromatic carbocycles. The summed E-state index contributed by atoms with van der Waals surface area (Å²) in [5.41, 5.74) is 7.53. The molecule has 18 heavy (non-hydrogen) atoms. The van der Waals surface area contributed by atoms with Crippen LogP contribution in [0.5, 0.6) is 0 Å². The molecule has 11 nitrogen and oxygen atoms in total. The number of nitrogens with two attached hydrogens (primary N) is 2. The molecule has 2 rings (SSSR count). The van der Waals surface area contributed by atoms with Gasteiger partial charge in [-0.15, -0.1) is 0 Å². The van der Waals surface area contributed by atoms with Gasteiger partial charge in [-0.25, -0.2) is 8.37 Å². The van der Waals surface area contributed by atoms with Gasteiger partial charge in [0.15, 0.2) is 0 Å². The van der Waals surface area contributed by atoms with Crippen LogP contribution >= 0.6 is 0 Å². The van der Waals surface area contributed by atoms with E-state index in [4.69, 9.17) is 16.6 Å². The Labute approximate surface area is 101 Å². The van der Waals surface area contributed by atoms with Gasteiger partial charge in [0.2, 0.25) is 0 Å². The Hall–Kier alpha value is -0.410. The molecule has 5 atom stereocenters. The van der Waals surface area contributed by atoms with E-state index in [1.807, 2.05) is 0 Å². The lowest BCUT2D eigenvalue weighted by molar-refractivity contribution is -0.426. The van der Waals surface area contributed by atoms with Crippen molar-refractivity contribution in [3.05, 3.63) is 0 Å². The molecular weight excluding hydrogens is 276 g/mol. The summed E-state index contributed by atoms with van der Waals surface area (Å²) in [6.07, 6.45) is -3.77. The Bertz CT molecular complexity index is 466. The molecule has 0 saturated carbocycles. The molecule has 106 valence electrons. The number of hydrogen-bond acceptors (Lipinski definition) is 11. The zero-order chi connectivity index (χ0) is 14.0. The minimum Gasteiger partial charge on any atom is -0.394 e. The third-order valence-corrected chi connectivity index (χ3v) is 3.72. The molecule has 0 radical (unpaired) electrons. The second-order valence-electron chi connectivity index (χ2n) is 3.99. The molecule has 2 heterocycles. The summed E-state index contributed by atoms with van der Waals surface area (Å²) in [6, 6.07) is 0. The first-order valence-corrected chi connectivity index (χ1v) is 5.98. The zero-order valence-electron chi connectivity index (χ0n) is 8.75. The molecule has 0 bridgehead atoms. The Morgan fingerprint density at radius 3 is 2.28 bits per heavy atom. The van der Waals surface area contributed by atoms with Gasteiger partial charge in [0, 0.05) is 0 Å². The number of aliphatic hydroxyl groups excluding tert-OH is 2. The molecule has 8 N–H and O–H groups in total. The van der Waals surface area contributed by atoms with Crippen molar-refractivity contribution in [2.24, 2.45) is 11.5 Å². The first-order chi connectivity index (χ1) is 7.99.